The molecule has 0 aliphatic carbocycles. The summed E-state index contributed by atoms with van der Waals surface area (Å²) in [5.41, 5.74) is 5.51. The lowest BCUT2D eigenvalue weighted by molar-refractivity contribution is -0.141. The quantitative estimate of drug-likeness (QED) is 0.0438. The van der Waals surface area contributed by atoms with Crippen molar-refractivity contribution in [3.05, 3.63) is 185 Å². The summed E-state index contributed by atoms with van der Waals surface area (Å²) in [7, 11) is 5.26. The summed E-state index contributed by atoms with van der Waals surface area (Å²) in [6.07, 6.45) is 4.86. The normalized spacial score (nSPS) is 21.1. The molecule has 4 saturated heterocycles. The molecule has 12 rings (SSSR count). The van der Waals surface area contributed by atoms with Gasteiger partial charge in [0.25, 0.3) is 0 Å². The molecule has 96 heavy (non-hydrogen) atoms. The van der Waals surface area contributed by atoms with E-state index in [0.29, 0.717) is 108 Å². The van der Waals surface area contributed by atoms with Crippen LogP contribution in [0.2, 0.25) is 10.0 Å². The van der Waals surface area contributed by atoms with Crippen molar-refractivity contribution in [2.75, 3.05) is 104 Å². The smallest absolute Gasteiger partial charge is 0.338 e. The van der Waals surface area contributed by atoms with E-state index in [0.717, 1.165) is 11.1 Å². The van der Waals surface area contributed by atoms with Crippen LogP contribution in [0.1, 0.15) is 57.2 Å². The van der Waals surface area contributed by atoms with Gasteiger partial charge in [0.05, 0.1) is 77.0 Å². The van der Waals surface area contributed by atoms with Gasteiger partial charge < -0.3 is 49.6 Å². The third-order valence-electron chi connectivity index (χ3n) is 17.7. The number of rotatable bonds is 20. The number of fused-ring (bicyclic) bond motifs is 2. The van der Waals surface area contributed by atoms with Gasteiger partial charge in [0.1, 0.15) is 23.7 Å². The number of aromatic nitrogens is 2. The molecule has 6 atom stereocenters. The van der Waals surface area contributed by atoms with E-state index < -0.39 is 47.7 Å². The van der Waals surface area contributed by atoms with Gasteiger partial charge in [-0.25, -0.2) is 37.9 Å². The number of aryl methyl sites for hydroxylation is 2. The summed E-state index contributed by atoms with van der Waals surface area (Å²) in [6.45, 7) is 2.21. The van der Waals surface area contributed by atoms with Crippen LogP contribution in [0.3, 0.4) is 0 Å². The Balaban J connectivity index is 0.000000195. The molecule has 8 heterocycles. The monoisotopic (exact) mass is 1390 g/mol. The predicted molar refractivity (Wildman–Crippen MR) is 355 cm³/mol. The molecule has 4 amide bonds. The number of aliphatic hydroxyl groups is 2. The second-order valence-corrected chi connectivity index (χ2v) is 25.6. The summed E-state index contributed by atoms with van der Waals surface area (Å²) < 4.78 is 47.9. The number of anilines is 2. The number of methoxy groups -OCH3 is 4. The molecule has 0 radical (unpaired) electrons. The number of nitrogens with one attached hydrogen (secondary N) is 2. The number of thiazole rings is 2. The van der Waals surface area contributed by atoms with E-state index in [2.05, 4.69) is 20.6 Å². The van der Waals surface area contributed by atoms with Crippen molar-refractivity contribution in [2.45, 2.75) is 61.9 Å². The van der Waals surface area contributed by atoms with Gasteiger partial charge in [-0.15, -0.1) is 22.7 Å². The standard InChI is InChI=1S/2C33H34ClFN6O6S/c2*1-46-27(43)10-5-19-3-7-21(8-4-19)41-17-25-26(18-42)39(12-13-40(25)33(41)45)16-24-28(32(44)47-2)29(22-9-6-20(35)15-23(22)34)38-30(37-24)31-36-11-14-48-31/h2*3-4,6-9,11,14-15,25-26,29,42H,5,10,12-13,16-18H2,1-2H3,(H,37,38)/t25-,26-,29+;25-,26-,29-/m10/s1. The summed E-state index contributed by atoms with van der Waals surface area (Å²) in [6, 6.07) is 19.1. The highest BCUT2D eigenvalue weighted by atomic mass is 35.5. The van der Waals surface area contributed by atoms with Crippen LogP contribution in [-0.4, -0.2) is 206 Å². The molecule has 6 aromatic rings. The summed E-state index contributed by atoms with van der Waals surface area (Å²) >= 11 is 15.7. The largest absolute Gasteiger partial charge is 0.469 e. The third-order valence-corrected chi connectivity index (χ3v) is 19.9. The first-order valence-corrected chi connectivity index (χ1v) is 33.2. The Morgan fingerprint density at radius 1 is 0.573 bits per heavy atom. The zero-order valence-electron chi connectivity index (χ0n) is 52.5. The van der Waals surface area contributed by atoms with Crippen LogP contribution in [0.5, 0.6) is 0 Å². The summed E-state index contributed by atoms with van der Waals surface area (Å²) in [4.78, 5) is 106. The topological polar surface area (TPSA) is 274 Å². The molecule has 24 nitrogen and oxygen atoms in total. The Labute approximate surface area is 569 Å². The van der Waals surface area contributed by atoms with Gasteiger partial charge in [-0.3, -0.25) is 39.2 Å². The number of nitrogens with zero attached hydrogens (tertiary/aromatic N) is 10. The highest BCUT2D eigenvalue weighted by Gasteiger charge is 2.49. The van der Waals surface area contributed by atoms with E-state index in [1.807, 2.05) is 58.3 Å². The van der Waals surface area contributed by atoms with Crippen molar-refractivity contribution in [3.63, 3.8) is 0 Å². The molecule has 0 unspecified atom stereocenters. The molecular formula is C66H68Cl2F2N12O12S2. The molecule has 6 aliphatic rings. The number of esters is 4. The Hall–Kier alpha value is -8.74. The summed E-state index contributed by atoms with van der Waals surface area (Å²) in [5.74, 6) is -2.08. The Kier molecular flexibility index (Phi) is 21.8. The van der Waals surface area contributed by atoms with E-state index in [1.165, 1.54) is 87.5 Å². The highest BCUT2D eigenvalue weighted by Crippen LogP contribution is 2.41. The van der Waals surface area contributed by atoms with Gasteiger partial charge in [0.2, 0.25) is 0 Å². The lowest BCUT2D eigenvalue weighted by Gasteiger charge is -2.43. The molecule has 2 aromatic heterocycles. The first-order chi connectivity index (χ1) is 46.4. The molecule has 4 N–H and O–H groups in total. The molecule has 0 spiro atoms. The minimum atomic E-state index is -0.922. The van der Waals surface area contributed by atoms with Crippen LogP contribution in [0, 0.1) is 11.6 Å². The van der Waals surface area contributed by atoms with Crippen LogP contribution >= 0.6 is 45.9 Å². The van der Waals surface area contributed by atoms with E-state index in [4.69, 9.17) is 52.1 Å². The number of benzene rings is 4. The highest BCUT2D eigenvalue weighted by molar-refractivity contribution is 7.12. The average molecular weight is 1390 g/mol. The van der Waals surface area contributed by atoms with Crippen LogP contribution in [0.25, 0.3) is 0 Å². The summed E-state index contributed by atoms with van der Waals surface area (Å²) in [5, 5.41) is 33.0. The molecule has 0 saturated carbocycles. The SMILES string of the molecule is COC(=O)CCc1ccc(N2C[C@@H]3[C@@H](CO)N(CC4=C(C(=O)OC)[C@H](c5ccc(F)cc5Cl)N=C(c5nccs5)N4)CCN3C2=O)cc1.COC(=O)CCc1ccc(N2C[C@H]3[C@H](CO)N(CC4=C(C(=O)OC)[C@H](c5ccc(F)cc5Cl)N=C(c5nccs5)N4)CCN3C2=O)cc1. The maximum atomic E-state index is 14.0. The number of piperazine rings is 2. The molecule has 4 fully saturated rings. The van der Waals surface area contributed by atoms with E-state index in [1.54, 1.807) is 42.8 Å². The van der Waals surface area contributed by atoms with Gasteiger partial charge in [-0.05, 0) is 72.5 Å². The Morgan fingerprint density at radius 3 is 1.30 bits per heavy atom. The van der Waals surface area contributed by atoms with Gasteiger partial charge in [-0.1, -0.05) is 59.6 Å². The van der Waals surface area contributed by atoms with Crippen molar-refractivity contribution in [1.29, 1.82) is 0 Å². The molecule has 30 heteroatoms. The van der Waals surface area contributed by atoms with Gasteiger partial charge in [0, 0.05) is 132 Å². The third kappa shape index (κ3) is 14.7. The number of carbonyl (C=O) groups excluding carboxylic acids is 6. The van der Waals surface area contributed by atoms with E-state index in [9.17, 15) is 47.8 Å². The lowest BCUT2D eigenvalue weighted by Crippen LogP contribution is -2.61. The van der Waals surface area contributed by atoms with E-state index >= 15 is 0 Å². The van der Waals surface area contributed by atoms with Gasteiger partial charge in [-0.2, -0.15) is 0 Å². The number of carbonyl (C=O) groups is 6. The minimum Gasteiger partial charge on any atom is -0.469 e. The first-order valence-electron chi connectivity index (χ1n) is 30.6. The second-order valence-electron chi connectivity index (χ2n) is 23.0. The van der Waals surface area contributed by atoms with Gasteiger partial charge in [0.15, 0.2) is 21.7 Å². The molecule has 504 valence electrons. The number of amides is 4. The lowest BCUT2D eigenvalue weighted by atomic mass is 9.94. The van der Waals surface area contributed by atoms with Crippen molar-refractivity contribution in [3.8, 4) is 0 Å². The van der Waals surface area contributed by atoms with Crippen molar-refractivity contribution < 1.29 is 66.7 Å². The van der Waals surface area contributed by atoms with Crippen LogP contribution in [0.4, 0.5) is 29.7 Å². The fraction of sp³-hybridized carbons (Fsp3) is 0.364. The number of ether oxygens (including phenoxy) is 4. The van der Waals surface area contributed by atoms with Crippen LogP contribution < -0.4 is 20.4 Å². The predicted octanol–water partition coefficient (Wildman–Crippen LogP) is 7.09. The maximum Gasteiger partial charge on any atom is 0.338 e. The minimum absolute atomic E-state index is 0.104. The first kappa shape index (κ1) is 68.6. The maximum absolute atomic E-state index is 14.0. The second kappa shape index (κ2) is 30.6. The number of hydrogen-bond donors (Lipinski definition) is 4. The number of hydrogen-bond acceptors (Lipinski definition) is 22. The fourth-order valence-corrected chi connectivity index (χ4v) is 14.5. The zero-order chi connectivity index (χ0) is 67.9. The number of aliphatic imine (C=N–C) groups is 2. The average Bonchev–Trinajstić information content (AvgIpc) is 1.38. The molecular weight excluding hydrogens is 1330 g/mol. The number of aliphatic hydroxyl groups excluding tert-OH is 2. The molecule has 6 aliphatic heterocycles. The van der Waals surface area contributed by atoms with Crippen LogP contribution in [-0.2, 0) is 51.0 Å². The number of urea groups is 2. The number of halogens is 4. The van der Waals surface area contributed by atoms with Crippen LogP contribution in [0.15, 0.2) is 141 Å². The van der Waals surface area contributed by atoms with Crippen molar-refractivity contribution in [2.24, 2.45) is 9.98 Å². The Morgan fingerprint density at radius 2 is 0.969 bits per heavy atom. The molecule has 4 aromatic carbocycles. The zero-order valence-corrected chi connectivity index (χ0v) is 55.7. The fourth-order valence-electron chi connectivity index (χ4n) is 12.8. The van der Waals surface area contributed by atoms with Crippen molar-refractivity contribution >= 4 is 105 Å². The van der Waals surface area contributed by atoms with Crippen molar-refractivity contribution in [1.82, 2.24) is 40.2 Å². The van der Waals surface area contributed by atoms with E-state index in [-0.39, 0.29) is 96.4 Å². The Bertz CT molecular complexity index is 3760. The van der Waals surface area contributed by atoms with Gasteiger partial charge >= 0.3 is 35.9 Å². The molecule has 0 bridgehead atoms. The number of amidine groups is 2.